The van der Waals surface area contributed by atoms with E-state index in [4.69, 9.17) is 0 Å². The van der Waals surface area contributed by atoms with Crippen molar-refractivity contribution in [2.75, 3.05) is 31.1 Å². The van der Waals surface area contributed by atoms with Crippen molar-refractivity contribution in [3.63, 3.8) is 0 Å². The summed E-state index contributed by atoms with van der Waals surface area (Å²) in [7, 11) is 0. The molecule has 1 aliphatic heterocycles. The third-order valence-electron chi connectivity index (χ3n) is 5.67. The lowest BCUT2D eigenvalue weighted by Crippen LogP contribution is -2.48. The Kier molecular flexibility index (Phi) is 4.21. The molecule has 1 amide bonds. The smallest absolute Gasteiger partial charge is 0.255 e. The van der Waals surface area contributed by atoms with Crippen molar-refractivity contribution in [1.82, 2.24) is 4.90 Å². The van der Waals surface area contributed by atoms with Crippen LogP contribution in [0.1, 0.15) is 10.4 Å². The van der Waals surface area contributed by atoms with E-state index < -0.39 is 0 Å². The van der Waals surface area contributed by atoms with Crippen molar-refractivity contribution in [2.45, 2.75) is 0 Å². The zero-order valence-corrected chi connectivity index (χ0v) is 15.7. The van der Waals surface area contributed by atoms with Crippen LogP contribution in [0.25, 0.3) is 21.5 Å². The van der Waals surface area contributed by atoms with Gasteiger partial charge in [-0.15, -0.1) is 0 Å². The van der Waals surface area contributed by atoms with Gasteiger partial charge in [-0.25, -0.2) is 0 Å². The lowest BCUT2D eigenvalue weighted by atomic mass is 9.95. The zero-order chi connectivity index (χ0) is 18.9. The van der Waals surface area contributed by atoms with Crippen LogP contribution >= 0.6 is 0 Å². The highest BCUT2D eigenvalue weighted by molar-refractivity contribution is 6.18. The van der Waals surface area contributed by atoms with Gasteiger partial charge in [-0.3, -0.25) is 4.79 Å². The average molecular weight is 366 g/mol. The molecule has 28 heavy (non-hydrogen) atoms. The summed E-state index contributed by atoms with van der Waals surface area (Å²) in [6.07, 6.45) is 0. The molecule has 1 saturated heterocycles. The van der Waals surface area contributed by atoms with E-state index in [9.17, 15) is 4.79 Å². The fourth-order valence-electron chi connectivity index (χ4n) is 4.21. The molecular formula is C25H22N2O. The van der Waals surface area contributed by atoms with E-state index in [0.29, 0.717) is 0 Å². The van der Waals surface area contributed by atoms with Crippen LogP contribution in [0.5, 0.6) is 0 Å². The predicted octanol–water partition coefficient (Wildman–Crippen LogP) is 4.96. The van der Waals surface area contributed by atoms with Crippen LogP contribution in [0.15, 0.2) is 84.9 Å². The minimum absolute atomic E-state index is 0.140. The fraction of sp³-hybridized carbons (Fsp3) is 0.160. The molecule has 4 aromatic rings. The summed E-state index contributed by atoms with van der Waals surface area (Å²) in [5, 5.41) is 4.31. The Morgan fingerprint density at radius 2 is 1.18 bits per heavy atom. The second kappa shape index (κ2) is 7.01. The highest BCUT2D eigenvalue weighted by Crippen LogP contribution is 2.30. The SMILES string of the molecule is O=C(c1c2ccccc2cc2ccccc12)N1CCN(c2ccccc2)CC1. The number of carbonyl (C=O) groups is 1. The van der Waals surface area contributed by atoms with Crippen molar-refractivity contribution >= 4 is 33.1 Å². The number of para-hydroxylation sites is 1. The van der Waals surface area contributed by atoms with Gasteiger partial charge < -0.3 is 9.80 Å². The van der Waals surface area contributed by atoms with Crippen LogP contribution in [0.4, 0.5) is 5.69 Å². The van der Waals surface area contributed by atoms with Crippen LogP contribution in [0.3, 0.4) is 0 Å². The van der Waals surface area contributed by atoms with Gasteiger partial charge in [-0.2, -0.15) is 0 Å². The minimum atomic E-state index is 0.140. The summed E-state index contributed by atoms with van der Waals surface area (Å²) in [6, 6.07) is 29.0. The molecule has 0 bridgehead atoms. The number of hydrogen-bond acceptors (Lipinski definition) is 2. The number of carbonyl (C=O) groups excluding carboxylic acids is 1. The summed E-state index contributed by atoms with van der Waals surface area (Å²) in [6.45, 7) is 3.20. The van der Waals surface area contributed by atoms with Gasteiger partial charge in [0.25, 0.3) is 5.91 Å². The van der Waals surface area contributed by atoms with Gasteiger partial charge in [0.1, 0.15) is 0 Å². The van der Waals surface area contributed by atoms with Crippen LogP contribution in [-0.2, 0) is 0 Å². The third kappa shape index (κ3) is 2.89. The van der Waals surface area contributed by atoms with E-state index in [1.54, 1.807) is 0 Å². The molecule has 1 fully saturated rings. The van der Waals surface area contributed by atoms with E-state index in [2.05, 4.69) is 59.5 Å². The Morgan fingerprint density at radius 1 is 0.643 bits per heavy atom. The molecular weight excluding hydrogens is 344 g/mol. The van der Waals surface area contributed by atoms with Crippen molar-refractivity contribution < 1.29 is 4.79 Å². The van der Waals surface area contributed by atoms with Gasteiger partial charge in [0.2, 0.25) is 0 Å². The number of anilines is 1. The van der Waals surface area contributed by atoms with Crippen LogP contribution in [0.2, 0.25) is 0 Å². The van der Waals surface area contributed by atoms with Crippen LogP contribution in [-0.4, -0.2) is 37.0 Å². The van der Waals surface area contributed by atoms with Crippen LogP contribution in [0, 0.1) is 0 Å². The van der Waals surface area contributed by atoms with Crippen molar-refractivity contribution in [3.8, 4) is 0 Å². The van der Waals surface area contributed by atoms with E-state index in [-0.39, 0.29) is 5.91 Å². The molecule has 0 spiro atoms. The molecule has 138 valence electrons. The van der Waals surface area contributed by atoms with Gasteiger partial charge in [0, 0.05) is 31.9 Å². The molecule has 5 rings (SSSR count). The van der Waals surface area contributed by atoms with Crippen LogP contribution < -0.4 is 4.90 Å². The highest BCUT2D eigenvalue weighted by Gasteiger charge is 2.25. The van der Waals surface area contributed by atoms with E-state index >= 15 is 0 Å². The number of benzene rings is 4. The summed E-state index contributed by atoms with van der Waals surface area (Å²) < 4.78 is 0. The molecule has 3 heteroatoms. The van der Waals surface area contributed by atoms with Gasteiger partial charge in [-0.05, 0) is 39.7 Å². The largest absolute Gasteiger partial charge is 0.368 e. The Labute approximate surface area is 164 Å². The molecule has 4 aromatic carbocycles. The number of nitrogens with zero attached hydrogens (tertiary/aromatic N) is 2. The Balaban J connectivity index is 1.49. The molecule has 1 heterocycles. The average Bonchev–Trinajstić information content (AvgIpc) is 2.77. The molecule has 3 nitrogen and oxygen atoms in total. The van der Waals surface area contributed by atoms with Gasteiger partial charge in [0.05, 0.1) is 5.56 Å². The summed E-state index contributed by atoms with van der Waals surface area (Å²) in [5.41, 5.74) is 2.06. The third-order valence-corrected chi connectivity index (χ3v) is 5.67. The van der Waals surface area contributed by atoms with Gasteiger partial charge in [-0.1, -0.05) is 66.7 Å². The van der Waals surface area contributed by atoms with E-state index in [0.717, 1.165) is 53.3 Å². The second-order valence-electron chi connectivity index (χ2n) is 7.31. The number of amides is 1. The normalized spacial score (nSPS) is 14.6. The summed E-state index contributed by atoms with van der Waals surface area (Å²) in [4.78, 5) is 17.9. The lowest BCUT2D eigenvalue weighted by molar-refractivity contribution is 0.0750. The minimum Gasteiger partial charge on any atom is -0.368 e. The monoisotopic (exact) mass is 366 g/mol. The Bertz CT molecular complexity index is 1090. The lowest BCUT2D eigenvalue weighted by Gasteiger charge is -2.36. The molecule has 0 aromatic heterocycles. The maximum atomic E-state index is 13.6. The number of hydrogen-bond donors (Lipinski definition) is 0. The molecule has 0 radical (unpaired) electrons. The van der Waals surface area contributed by atoms with E-state index in [1.165, 1.54) is 5.69 Å². The Hall–Kier alpha value is -3.33. The maximum absolute atomic E-state index is 13.6. The number of fused-ring (bicyclic) bond motifs is 2. The second-order valence-corrected chi connectivity index (χ2v) is 7.31. The van der Waals surface area contributed by atoms with Crippen molar-refractivity contribution in [2.24, 2.45) is 0 Å². The van der Waals surface area contributed by atoms with Gasteiger partial charge in [0.15, 0.2) is 0 Å². The number of rotatable bonds is 2. The van der Waals surface area contributed by atoms with Crippen molar-refractivity contribution in [3.05, 3.63) is 90.5 Å². The molecule has 0 N–H and O–H groups in total. The first-order chi connectivity index (χ1) is 13.8. The zero-order valence-electron chi connectivity index (χ0n) is 15.7. The summed E-state index contributed by atoms with van der Waals surface area (Å²) in [5.74, 6) is 0.140. The molecule has 1 aliphatic rings. The maximum Gasteiger partial charge on any atom is 0.255 e. The predicted molar refractivity (Wildman–Crippen MR) is 116 cm³/mol. The Morgan fingerprint density at radius 3 is 1.79 bits per heavy atom. The highest BCUT2D eigenvalue weighted by atomic mass is 16.2. The van der Waals surface area contributed by atoms with Crippen molar-refractivity contribution in [1.29, 1.82) is 0 Å². The first-order valence-electron chi connectivity index (χ1n) is 9.81. The molecule has 0 aliphatic carbocycles. The number of piperazine rings is 1. The molecule has 0 saturated carbocycles. The molecule has 0 unspecified atom stereocenters. The first kappa shape index (κ1) is 16.8. The molecule has 0 atom stereocenters. The van der Waals surface area contributed by atoms with Gasteiger partial charge >= 0.3 is 0 Å². The standard InChI is InChI=1S/C25H22N2O/c28-25(27-16-14-26(15-17-27)21-10-2-1-3-11-21)24-22-12-6-4-8-19(22)18-20-9-5-7-13-23(20)24/h1-13,18H,14-17H2. The summed E-state index contributed by atoms with van der Waals surface area (Å²) >= 11 is 0. The van der Waals surface area contributed by atoms with E-state index in [1.807, 2.05) is 35.2 Å². The first-order valence-corrected chi connectivity index (χ1v) is 9.81. The topological polar surface area (TPSA) is 23.6 Å². The fourth-order valence-corrected chi connectivity index (χ4v) is 4.21. The quantitative estimate of drug-likeness (QED) is 0.468.